The van der Waals surface area contributed by atoms with Crippen molar-refractivity contribution in [1.29, 1.82) is 0 Å². The highest BCUT2D eigenvalue weighted by atomic mass is 79.9. The van der Waals surface area contributed by atoms with E-state index in [2.05, 4.69) is 26.8 Å². The van der Waals surface area contributed by atoms with Gasteiger partial charge in [0.15, 0.2) is 0 Å². The predicted molar refractivity (Wildman–Crippen MR) is 73.8 cm³/mol. The highest BCUT2D eigenvalue weighted by Crippen LogP contribution is 2.18. The van der Waals surface area contributed by atoms with E-state index in [1.165, 1.54) is 0 Å². The summed E-state index contributed by atoms with van der Waals surface area (Å²) in [6.45, 7) is 5.88. The molecule has 98 valence electrons. The van der Waals surface area contributed by atoms with Crippen LogP contribution in [0.5, 0.6) is 0 Å². The van der Waals surface area contributed by atoms with Crippen molar-refractivity contribution in [3.05, 3.63) is 34.3 Å². The molecule has 5 heteroatoms. The molecule has 0 saturated heterocycles. The fourth-order valence-corrected chi connectivity index (χ4v) is 1.83. The molecule has 1 aromatic carbocycles. The molecule has 1 rings (SSSR count). The minimum absolute atomic E-state index is 0.109. The number of halogens is 1. The first-order valence-electron chi connectivity index (χ1n) is 5.63. The number of hydrogen-bond donors (Lipinski definition) is 2. The Morgan fingerprint density at radius 2 is 1.78 bits per heavy atom. The first kappa shape index (κ1) is 14.7. The van der Waals surface area contributed by atoms with Gasteiger partial charge in [0.05, 0.1) is 5.56 Å². The van der Waals surface area contributed by atoms with E-state index in [1.807, 2.05) is 26.8 Å². The van der Waals surface area contributed by atoms with Crippen molar-refractivity contribution >= 4 is 27.7 Å². The second kappa shape index (κ2) is 6.00. The van der Waals surface area contributed by atoms with Crippen molar-refractivity contribution < 1.29 is 9.59 Å². The molecule has 0 aromatic heterocycles. The molecule has 2 amide bonds. The quantitative estimate of drug-likeness (QED) is 0.825. The van der Waals surface area contributed by atoms with Gasteiger partial charge >= 0.3 is 0 Å². The Balaban J connectivity index is 2.52. The summed E-state index contributed by atoms with van der Waals surface area (Å²) < 4.78 is 0.688. The average Bonchev–Trinajstić information content (AvgIpc) is 2.24. The Hall–Kier alpha value is -1.36. The van der Waals surface area contributed by atoms with Crippen molar-refractivity contribution in [2.45, 2.75) is 27.2 Å². The molecule has 0 atom stereocenters. The maximum Gasteiger partial charge on any atom is 0.270 e. The van der Waals surface area contributed by atoms with E-state index in [-0.39, 0.29) is 17.2 Å². The van der Waals surface area contributed by atoms with Crippen LogP contribution in [0.2, 0.25) is 0 Å². The van der Waals surface area contributed by atoms with Crippen molar-refractivity contribution in [2.24, 2.45) is 5.41 Å². The van der Waals surface area contributed by atoms with Gasteiger partial charge in [0.2, 0.25) is 5.91 Å². The molecule has 1 aromatic rings. The second-order valence-electron chi connectivity index (χ2n) is 5.22. The van der Waals surface area contributed by atoms with E-state index < -0.39 is 0 Å². The van der Waals surface area contributed by atoms with Crippen LogP contribution in [-0.2, 0) is 4.79 Å². The number of carbonyl (C=O) groups excluding carboxylic acids is 2. The third-order valence-corrected chi connectivity index (χ3v) is 2.82. The van der Waals surface area contributed by atoms with Crippen LogP contribution in [-0.4, -0.2) is 11.8 Å². The molecule has 0 bridgehead atoms. The van der Waals surface area contributed by atoms with Crippen LogP contribution < -0.4 is 10.9 Å². The fraction of sp³-hybridized carbons (Fsp3) is 0.385. The Morgan fingerprint density at radius 3 is 2.33 bits per heavy atom. The number of carbonyl (C=O) groups is 2. The number of hydrazine groups is 1. The zero-order valence-electron chi connectivity index (χ0n) is 10.7. The largest absolute Gasteiger partial charge is 0.273 e. The molecule has 2 N–H and O–H groups in total. The lowest BCUT2D eigenvalue weighted by molar-refractivity contribution is -0.123. The van der Waals surface area contributed by atoms with E-state index in [4.69, 9.17) is 0 Å². The first-order valence-corrected chi connectivity index (χ1v) is 6.42. The van der Waals surface area contributed by atoms with Crippen LogP contribution >= 0.6 is 15.9 Å². The standard InChI is InChI=1S/C13H17BrN2O2/c1-13(2,3)8-11(17)15-16-12(18)9-6-4-5-7-10(9)14/h4-7H,8H2,1-3H3,(H,15,17)(H,16,18). The normalized spacial score (nSPS) is 10.9. The molecule has 0 unspecified atom stereocenters. The molecule has 0 spiro atoms. The molecule has 0 saturated carbocycles. The Labute approximate surface area is 115 Å². The van der Waals surface area contributed by atoms with Crippen LogP contribution in [0, 0.1) is 5.41 Å². The molecule has 0 aliphatic rings. The molecular formula is C13H17BrN2O2. The zero-order valence-corrected chi connectivity index (χ0v) is 12.3. The number of nitrogens with one attached hydrogen (secondary N) is 2. The minimum Gasteiger partial charge on any atom is -0.273 e. The lowest BCUT2D eigenvalue weighted by atomic mass is 9.92. The lowest BCUT2D eigenvalue weighted by Gasteiger charge is -2.17. The molecular weight excluding hydrogens is 296 g/mol. The van der Waals surface area contributed by atoms with Crippen LogP contribution in [0.4, 0.5) is 0 Å². The monoisotopic (exact) mass is 312 g/mol. The summed E-state index contributed by atoms with van der Waals surface area (Å²) in [4.78, 5) is 23.3. The third kappa shape index (κ3) is 4.87. The number of hydrogen-bond acceptors (Lipinski definition) is 2. The van der Waals surface area contributed by atoms with Gasteiger partial charge < -0.3 is 0 Å². The Bertz CT molecular complexity index is 453. The van der Waals surface area contributed by atoms with Gasteiger partial charge in [-0.3, -0.25) is 20.4 Å². The molecule has 0 aliphatic carbocycles. The van der Waals surface area contributed by atoms with Gasteiger partial charge in [-0.15, -0.1) is 0 Å². The van der Waals surface area contributed by atoms with Gasteiger partial charge in [0.1, 0.15) is 0 Å². The van der Waals surface area contributed by atoms with Crippen molar-refractivity contribution in [3.63, 3.8) is 0 Å². The first-order chi connectivity index (χ1) is 8.29. The summed E-state index contributed by atoms with van der Waals surface area (Å²) in [5.41, 5.74) is 5.17. The Kier molecular flexibility index (Phi) is 4.90. The molecule has 0 heterocycles. The Morgan fingerprint density at radius 1 is 1.17 bits per heavy atom. The van der Waals surface area contributed by atoms with Crippen molar-refractivity contribution in [1.82, 2.24) is 10.9 Å². The highest BCUT2D eigenvalue weighted by molar-refractivity contribution is 9.10. The predicted octanol–water partition coefficient (Wildman–Crippen LogP) is 2.65. The van der Waals surface area contributed by atoms with Crippen LogP contribution in [0.15, 0.2) is 28.7 Å². The topological polar surface area (TPSA) is 58.2 Å². The summed E-state index contributed by atoms with van der Waals surface area (Å²) in [5, 5.41) is 0. The van der Waals surface area contributed by atoms with Crippen LogP contribution in [0.3, 0.4) is 0 Å². The average molecular weight is 313 g/mol. The van der Waals surface area contributed by atoms with Crippen molar-refractivity contribution in [2.75, 3.05) is 0 Å². The van der Waals surface area contributed by atoms with Gasteiger partial charge in [-0.05, 0) is 33.5 Å². The van der Waals surface area contributed by atoms with Crippen LogP contribution in [0.25, 0.3) is 0 Å². The highest BCUT2D eigenvalue weighted by Gasteiger charge is 2.16. The summed E-state index contributed by atoms with van der Waals surface area (Å²) in [7, 11) is 0. The van der Waals surface area contributed by atoms with Gasteiger partial charge in [0.25, 0.3) is 5.91 Å². The maximum atomic E-state index is 11.8. The maximum absolute atomic E-state index is 11.8. The van der Waals surface area contributed by atoms with Gasteiger partial charge in [-0.2, -0.15) is 0 Å². The molecule has 4 nitrogen and oxygen atoms in total. The van der Waals surface area contributed by atoms with E-state index >= 15 is 0 Å². The summed E-state index contributed by atoms with van der Waals surface area (Å²) >= 11 is 3.28. The third-order valence-electron chi connectivity index (χ3n) is 2.12. The van der Waals surface area contributed by atoms with E-state index in [9.17, 15) is 9.59 Å². The van der Waals surface area contributed by atoms with E-state index in [1.54, 1.807) is 18.2 Å². The van der Waals surface area contributed by atoms with Crippen LogP contribution in [0.1, 0.15) is 37.6 Å². The molecule has 0 aliphatic heterocycles. The number of rotatable bonds is 2. The number of benzene rings is 1. The second-order valence-corrected chi connectivity index (χ2v) is 6.07. The summed E-state index contributed by atoms with van der Waals surface area (Å²) in [6.07, 6.45) is 0.350. The summed E-state index contributed by atoms with van der Waals surface area (Å²) in [5.74, 6) is -0.548. The number of amides is 2. The van der Waals surface area contributed by atoms with Gasteiger partial charge in [-0.1, -0.05) is 32.9 Å². The fourth-order valence-electron chi connectivity index (χ4n) is 1.37. The van der Waals surface area contributed by atoms with Crippen molar-refractivity contribution in [3.8, 4) is 0 Å². The molecule has 0 fully saturated rings. The molecule has 0 radical (unpaired) electrons. The van der Waals surface area contributed by atoms with E-state index in [0.29, 0.717) is 16.5 Å². The smallest absolute Gasteiger partial charge is 0.270 e. The summed E-state index contributed by atoms with van der Waals surface area (Å²) in [6, 6.07) is 7.02. The SMILES string of the molecule is CC(C)(C)CC(=O)NNC(=O)c1ccccc1Br. The minimum atomic E-state index is -0.343. The van der Waals surface area contributed by atoms with Gasteiger partial charge in [-0.25, -0.2) is 0 Å². The lowest BCUT2D eigenvalue weighted by Crippen LogP contribution is -2.42. The van der Waals surface area contributed by atoms with Gasteiger partial charge in [0, 0.05) is 10.9 Å². The zero-order chi connectivity index (χ0) is 13.8. The molecule has 18 heavy (non-hydrogen) atoms. The van der Waals surface area contributed by atoms with E-state index in [0.717, 1.165) is 0 Å².